The lowest BCUT2D eigenvalue weighted by Crippen LogP contribution is -2.40. The van der Waals surface area contributed by atoms with E-state index >= 15 is 0 Å². The molecule has 0 bridgehead atoms. The minimum absolute atomic E-state index is 0.0268. The maximum absolute atomic E-state index is 12.6. The molecule has 1 atom stereocenters. The number of hydrogen-bond donors (Lipinski definition) is 0. The van der Waals surface area contributed by atoms with E-state index < -0.39 is 0 Å². The number of ketones is 1. The van der Waals surface area contributed by atoms with Crippen LogP contribution in [0.5, 0.6) is 0 Å². The molecule has 0 saturated heterocycles. The van der Waals surface area contributed by atoms with E-state index in [0.717, 1.165) is 29.2 Å². The zero-order valence-corrected chi connectivity index (χ0v) is 12.6. The van der Waals surface area contributed by atoms with Crippen LogP contribution in [0.3, 0.4) is 0 Å². The summed E-state index contributed by atoms with van der Waals surface area (Å²) in [5.74, 6) is 1.06. The lowest BCUT2D eigenvalue weighted by atomic mass is 9.84. The van der Waals surface area contributed by atoms with Crippen molar-refractivity contribution in [3.8, 4) is 0 Å². The summed E-state index contributed by atoms with van der Waals surface area (Å²) < 4.78 is 0. The zero-order chi connectivity index (χ0) is 14.0. The second-order valence-corrected chi connectivity index (χ2v) is 6.10. The van der Waals surface area contributed by atoms with E-state index in [4.69, 9.17) is 0 Å². The van der Waals surface area contributed by atoms with Gasteiger partial charge in [0.25, 0.3) is 0 Å². The van der Waals surface area contributed by atoms with Crippen LogP contribution in [-0.4, -0.2) is 30.3 Å². The smallest absolute Gasteiger partial charge is 0.179 e. The number of likely N-dealkylation sites (N-methyl/N-ethyl adjacent to an activating group) is 1. The first-order valence-electron chi connectivity index (χ1n) is 7.30. The molecule has 0 N–H and O–H groups in total. The van der Waals surface area contributed by atoms with Crippen LogP contribution in [0.15, 0.2) is 18.2 Å². The van der Waals surface area contributed by atoms with Gasteiger partial charge in [0.2, 0.25) is 0 Å². The minimum Gasteiger partial charge on any atom is -0.296 e. The summed E-state index contributed by atoms with van der Waals surface area (Å²) in [4.78, 5) is 14.8. The third-order valence-corrected chi connectivity index (χ3v) is 4.47. The van der Waals surface area contributed by atoms with E-state index in [9.17, 15) is 4.79 Å². The van der Waals surface area contributed by atoms with Gasteiger partial charge >= 0.3 is 0 Å². The van der Waals surface area contributed by atoms with Gasteiger partial charge in [-0.25, -0.2) is 0 Å². The molecule has 2 rings (SSSR count). The van der Waals surface area contributed by atoms with Crippen molar-refractivity contribution in [2.24, 2.45) is 5.92 Å². The molecule has 1 fully saturated rings. The van der Waals surface area contributed by atoms with Crippen LogP contribution in [0.1, 0.15) is 47.7 Å². The van der Waals surface area contributed by atoms with Crippen LogP contribution in [0, 0.1) is 19.8 Å². The molecule has 0 radical (unpaired) electrons. The summed E-state index contributed by atoms with van der Waals surface area (Å²) in [6, 6.07) is 6.10. The molecule has 104 valence electrons. The lowest BCUT2D eigenvalue weighted by Gasteiger charge is -2.33. The first-order chi connectivity index (χ1) is 8.99. The van der Waals surface area contributed by atoms with E-state index in [2.05, 4.69) is 18.0 Å². The average molecular weight is 259 g/mol. The molecule has 0 aliphatic heterocycles. The number of Topliss-reactive ketones (excluding diaryl/α,β-unsaturated/α-hetero) is 1. The van der Waals surface area contributed by atoms with E-state index in [1.807, 2.05) is 32.9 Å². The summed E-state index contributed by atoms with van der Waals surface area (Å²) >= 11 is 0. The number of aryl methyl sites for hydroxylation is 2. The second-order valence-electron chi connectivity index (χ2n) is 6.10. The fourth-order valence-corrected chi connectivity index (χ4v) is 2.67. The van der Waals surface area contributed by atoms with Gasteiger partial charge in [-0.15, -0.1) is 0 Å². The van der Waals surface area contributed by atoms with Gasteiger partial charge in [-0.2, -0.15) is 0 Å². The highest BCUT2D eigenvalue weighted by atomic mass is 16.1. The molecule has 19 heavy (non-hydrogen) atoms. The van der Waals surface area contributed by atoms with Gasteiger partial charge in [0.15, 0.2) is 5.78 Å². The summed E-state index contributed by atoms with van der Waals surface area (Å²) in [5, 5.41) is 0. The fraction of sp³-hybridized carbons (Fsp3) is 0.588. The van der Waals surface area contributed by atoms with E-state index in [1.54, 1.807) is 0 Å². The normalized spacial score (nSPS) is 17.3. The highest BCUT2D eigenvalue weighted by Crippen LogP contribution is 2.27. The van der Waals surface area contributed by atoms with Crippen molar-refractivity contribution in [3.63, 3.8) is 0 Å². The van der Waals surface area contributed by atoms with Crippen LogP contribution in [-0.2, 0) is 0 Å². The molecule has 1 aliphatic carbocycles. The maximum Gasteiger partial charge on any atom is 0.179 e. The first-order valence-corrected chi connectivity index (χ1v) is 7.30. The largest absolute Gasteiger partial charge is 0.296 e. The van der Waals surface area contributed by atoms with E-state index in [0.29, 0.717) is 0 Å². The Labute approximate surface area is 116 Å². The number of nitrogens with zero attached hydrogens (tertiary/aromatic N) is 1. The molecule has 0 heterocycles. The molecule has 0 amide bonds. The van der Waals surface area contributed by atoms with Crippen molar-refractivity contribution < 1.29 is 4.79 Å². The molecule has 1 saturated carbocycles. The van der Waals surface area contributed by atoms with Crippen molar-refractivity contribution >= 4 is 5.78 Å². The SMILES string of the molecule is Cc1ccc(C)c(C(=O)C(C)N(C)CC2CCC2)c1. The Morgan fingerprint density at radius 2 is 2.05 bits per heavy atom. The zero-order valence-electron chi connectivity index (χ0n) is 12.6. The fourth-order valence-electron chi connectivity index (χ4n) is 2.67. The van der Waals surface area contributed by atoms with Gasteiger partial charge in [0, 0.05) is 12.1 Å². The van der Waals surface area contributed by atoms with Crippen LogP contribution in [0.2, 0.25) is 0 Å². The Morgan fingerprint density at radius 3 is 2.63 bits per heavy atom. The quantitative estimate of drug-likeness (QED) is 0.753. The maximum atomic E-state index is 12.6. The number of benzene rings is 1. The highest BCUT2D eigenvalue weighted by Gasteiger charge is 2.25. The molecule has 0 aromatic heterocycles. The van der Waals surface area contributed by atoms with Gasteiger partial charge in [-0.05, 0) is 58.2 Å². The molecule has 1 unspecified atom stereocenters. The van der Waals surface area contributed by atoms with Crippen molar-refractivity contribution in [1.82, 2.24) is 4.90 Å². The minimum atomic E-state index is -0.0268. The lowest BCUT2D eigenvalue weighted by molar-refractivity contribution is 0.0827. The third kappa shape index (κ3) is 3.24. The van der Waals surface area contributed by atoms with Gasteiger partial charge in [0.05, 0.1) is 6.04 Å². The standard InChI is InChI=1S/C17H25NO/c1-12-8-9-13(2)16(10-12)17(19)14(3)18(4)11-15-6-5-7-15/h8-10,14-15H,5-7,11H2,1-4H3. The summed E-state index contributed by atoms with van der Waals surface area (Å²) in [7, 11) is 2.08. The predicted molar refractivity (Wildman–Crippen MR) is 79.7 cm³/mol. The van der Waals surface area contributed by atoms with Gasteiger partial charge in [-0.3, -0.25) is 9.69 Å². The van der Waals surface area contributed by atoms with Gasteiger partial charge in [0.1, 0.15) is 0 Å². The van der Waals surface area contributed by atoms with E-state index in [-0.39, 0.29) is 11.8 Å². The molecule has 2 heteroatoms. The second kappa shape index (κ2) is 5.87. The monoisotopic (exact) mass is 259 g/mol. The molecular formula is C17H25NO. The highest BCUT2D eigenvalue weighted by molar-refractivity contribution is 6.01. The van der Waals surface area contributed by atoms with Crippen LogP contribution in [0.4, 0.5) is 0 Å². The molecule has 1 aliphatic rings. The Morgan fingerprint density at radius 1 is 1.37 bits per heavy atom. The number of carbonyl (C=O) groups is 1. The van der Waals surface area contributed by atoms with E-state index in [1.165, 1.54) is 19.3 Å². The number of rotatable bonds is 5. The van der Waals surface area contributed by atoms with Crippen LogP contribution < -0.4 is 0 Å². The third-order valence-electron chi connectivity index (χ3n) is 4.47. The molecular weight excluding hydrogens is 234 g/mol. The Bertz CT molecular complexity index is 462. The van der Waals surface area contributed by atoms with Crippen LogP contribution in [0.25, 0.3) is 0 Å². The Kier molecular flexibility index (Phi) is 4.41. The topological polar surface area (TPSA) is 20.3 Å². The molecule has 1 aromatic carbocycles. The molecule has 2 nitrogen and oxygen atoms in total. The molecule has 0 spiro atoms. The van der Waals surface area contributed by atoms with Gasteiger partial charge in [-0.1, -0.05) is 24.1 Å². The predicted octanol–water partition coefficient (Wildman–Crippen LogP) is 3.61. The van der Waals surface area contributed by atoms with Crippen molar-refractivity contribution in [1.29, 1.82) is 0 Å². The summed E-state index contributed by atoms with van der Waals surface area (Å²) in [6.07, 6.45) is 4.02. The van der Waals surface area contributed by atoms with Crippen molar-refractivity contribution in [3.05, 3.63) is 34.9 Å². The van der Waals surface area contributed by atoms with Crippen molar-refractivity contribution in [2.75, 3.05) is 13.6 Å². The summed E-state index contributed by atoms with van der Waals surface area (Å²) in [5.41, 5.74) is 3.12. The Hall–Kier alpha value is -1.15. The summed E-state index contributed by atoms with van der Waals surface area (Å²) in [6.45, 7) is 7.14. The first kappa shape index (κ1) is 14.3. The van der Waals surface area contributed by atoms with Gasteiger partial charge < -0.3 is 0 Å². The Balaban J connectivity index is 2.06. The van der Waals surface area contributed by atoms with Crippen molar-refractivity contribution in [2.45, 2.75) is 46.1 Å². The molecule has 1 aromatic rings. The number of carbonyl (C=O) groups excluding carboxylic acids is 1. The average Bonchev–Trinajstić information content (AvgIpc) is 2.34. The van der Waals surface area contributed by atoms with Crippen LogP contribution >= 0.6 is 0 Å². The number of hydrogen-bond acceptors (Lipinski definition) is 2.